The summed E-state index contributed by atoms with van der Waals surface area (Å²) in [6.07, 6.45) is 0. The van der Waals surface area contributed by atoms with Crippen LogP contribution in [0.25, 0.3) is 0 Å². The molecule has 106 valence electrons. The molecule has 2 aromatic carbocycles. The Hall–Kier alpha value is -1.52. The van der Waals surface area contributed by atoms with E-state index in [1.54, 1.807) is 7.11 Å². The minimum atomic E-state index is -0.559. The van der Waals surface area contributed by atoms with Gasteiger partial charge in [0.2, 0.25) is 0 Å². The Balaban J connectivity index is 2.30. The first kappa shape index (κ1) is 14.9. The van der Waals surface area contributed by atoms with Crippen molar-refractivity contribution in [3.63, 3.8) is 0 Å². The number of hydrogen-bond acceptors (Lipinski definition) is 3. The highest BCUT2D eigenvalue weighted by Crippen LogP contribution is 2.30. The fourth-order valence-electron chi connectivity index (χ4n) is 2.02. The van der Waals surface area contributed by atoms with Crippen molar-refractivity contribution in [3.8, 4) is 5.75 Å². The molecule has 0 aromatic heterocycles. The Kier molecular flexibility index (Phi) is 4.68. The van der Waals surface area contributed by atoms with Crippen molar-refractivity contribution in [3.05, 3.63) is 58.6 Å². The highest BCUT2D eigenvalue weighted by molar-refractivity contribution is 9.10. The number of aliphatic hydroxyl groups excluding tert-OH is 1. The molecule has 1 unspecified atom stereocenters. The van der Waals surface area contributed by atoms with Crippen LogP contribution in [0.3, 0.4) is 0 Å². The summed E-state index contributed by atoms with van der Waals surface area (Å²) in [6, 6.07) is 15.6. The van der Waals surface area contributed by atoms with Crippen LogP contribution in [0.1, 0.15) is 12.5 Å². The fraction of sp³-hybridized carbons (Fsp3) is 0.250. The first-order chi connectivity index (χ1) is 9.59. The molecule has 1 atom stereocenters. The van der Waals surface area contributed by atoms with Gasteiger partial charge in [0.1, 0.15) is 5.75 Å². The number of anilines is 1. The molecule has 3 nitrogen and oxygen atoms in total. The summed E-state index contributed by atoms with van der Waals surface area (Å²) in [5.41, 5.74) is 1.38. The third kappa shape index (κ3) is 3.14. The molecule has 2 rings (SSSR count). The number of methoxy groups -OCH3 is 1. The quantitative estimate of drug-likeness (QED) is 0.873. The lowest BCUT2D eigenvalue weighted by atomic mass is 9.92. The van der Waals surface area contributed by atoms with Crippen molar-refractivity contribution >= 4 is 21.6 Å². The van der Waals surface area contributed by atoms with E-state index in [-0.39, 0.29) is 6.61 Å². The maximum atomic E-state index is 9.81. The van der Waals surface area contributed by atoms with E-state index in [9.17, 15) is 5.11 Å². The van der Waals surface area contributed by atoms with E-state index in [0.29, 0.717) is 0 Å². The van der Waals surface area contributed by atoms with Crippen LogP contribution in [-0.4, -0.2) is 18.8 Å². The predicted octanol–water partition coefficient (Wildman–Crippen LogP) is 3.78. The third-order valence-electron chi connectivity index (χ3n) is 3.33. The van der Waals surface area contributed by atoms with Crippen molar-refractivity contribution in [2.45, 2.75) is 12.5 Å². The maximum absolute atomic E-state index is 9.81. The second-order valence-corrected chi connectivity index (χ2v) is 5.68. The van der Waals surface area contributed by atoms with Crippen LogP contribution < -0.4 is 10.1 Å². The number of benzene rings is 2. The van der Waals surface area contributed by atoms with Gasteiger partial charge >= 0.3 is 0 Å². The largest absolute Gasteiger partial charge is 0.497 e. The third-order valence-corrected chi connectivity index (χ3v) is 4.02. The number of halogens is 1. The zero-order chi connectivity index (χ0) is 14.6. The topological polar surface area (TPSA) is 41.5 Å². The number of para-hydroxylation sites is 1. The predicted molar refractivity (Wildman–Crippen MR) is 85.2 cm³/mol. The second kappa shape index (κ2) is 6.29. The van der Waals surface area contributed by atoms with Gasteiger partial charge in [0.05, 0.1) is 19.3 Å². The summed E-state index contributed by atoms with van der Waals surface area (Å²) in [6.45, 7) is 1.95. The number of rotatable bonds is 5. The molecule has 0 saturated heterocycles. The molecule has 0 spiro atoms. The monoisotopic (exact) mass is 335 g/mol. The molecule has 0 radical (unpaired) electrons. The normalized spacial score (nSPS) is 13.6. The standard InChI is InChI=1S/C16H18BrNO2/c1-16(11-19,12-7-9-13(20-2)10-8-12)18-15-6-4-3-5-14(15)17/h3-10,18-19H,11H2,1-2H3. The Morgan fingerprint density at radius 1 is 1.15 bits per heavy atom. The molecule has 0 bridgehead atoms. The van der Waals surface area contributed by atoms with Crippen molar-refractivity contribution in [1.29, 1.82) is 0 Å². The Morgan fingerprint density at radius 2 is 1.80 bits per heavy atom. The van der Waals surface area contributed by atoms with E-state index in [4.69, 9.17) is 4.74 Å². The molecule has 0 saturated carbocycles. The van der Waals surface area contributed by atoms with Gasteiger partial charge in [0, 0.05) is 10.2 Å². The van der Waals surface area contributed by atoms with Crippen LogP contribution >= 0.6 is 15.9 Å². The SMILES string of the molecule is COc1ccc(C(C)(CO)Nc2ccccc2Br)cc1. The zero-order valence-electron chi connectivity index (χ0n) is 11.6. The van der Waals surface area contributed by atoms with Gasteiger partial charge in [0.25, 0.3) is 0 Å². The number of ether oxygens (including phenoxy) is 1. The van der Waals surface area contributed by atoms with E-state index < -0.39 is 5.54 Å². The molecule has 0 aliphatic heterocycles. The van der Waals surface area contributed by atoms with E-state index in [1.165, 1.54) is 0 Å². The molecule has 0 aliphatic carbocycles. The van der Waals surface area contributed by atoms with Gasteiger partial charge in [-0.15, -0.1) is 0 Å². The highest BCUT2D eigenvalue weighted by Gasteiger charge is 2.26. The number of nitrogens with one attached hydrogen (secondary N) is 1. The summed E-state index contributed by atoms with van der Waals surface area (Å²) in [5.74, 6) is 0.801. The molecular formula is C16H18BrNO2. The first-order valence-corrected chi connectivity index (χ1v) is 7.16. The van der Waals surface area contributed by atoms with Crippen LogP contribution in [0.15, 0.2) is 53.0 Å². The van der Waals surface area contributed by atoms with Crippen LogP contribution in [0.5, 0.6) is 5.75 Å². The Bertz CT molecular complexity index is 571. The molecule has 0 aliphatic rings. The lowest BCUT2D eigenvalue weighted by Crippen LogP contribution is -2.35. The summed E-state index contributed by atoms with van der Waals surface area (Å²) in [5, 5.41) is 13.2. The van der Waals surface area contributed by atoms with Gasteiger partial charge in [-0.3, -0.25) is 0 Å². The molecular weight excluding hydrogens is 318 g/mol. The van der Waals surface area contributed by atoms with Crippen molar-refractivity contribution in [1.82, 2.24) is 0 Å². The van der Waals surface area contributed by atoms with Crippen molar-refractivity contribution in [2.24, 2.45) is 0 Å². The van der Waals surface area contributed by atoms with Crippen LogP contribution in [-0.2, 0) is 5.54 Å². The van der Waals surface area contributed by atoms with Crippen molar-refractivity contribution in [2.75, 3.05) is 19.0 Å². The molecule has 2 N–H and O–H groups in total. The molecule has 0 heterocycles. The Morgan fingerprint density at radius 3 is 2.35 bits per heavy atom. The first-order valence-electron chi connectivity index (χ1n) is 6.37. The molecule has 0 amide bonds. The molecule has 4 heteroatoms. The molecule has 2 aromatic rings. The van der Waals surface area contributed by atoms with E-state index in [0.717, 1.165) is 21.5 Å². The smallest absolute Gasteiger partial charge is 0.118 e. The average Bonchev–Trinajstić information content (AvgIpc) is 2.49. The second-order valence-electron chi connectivity index (χ2n) is 4.82. The number of aliphatic hydroxyl groups is 1. The number of hydrogen-bond donors (Lipinski definition) is 2. The van der Waals surface area contributed by atoms with E-state index in [2.05, 4.69) is 21.2 Å². The average molecular weight is 336 g/mol. The van der Waals surface area contributed by atoms with Gasteiger partial charge in [0.15, 0.2) is 0 Å². The van der Waals surface area contributed by atoms with Gasteiger partial charge in [-0.1, -0.05) is 24.3 Å². The molecule has 20 heavy (non-hydrogen) atoms. The lowest BCUT2D eigenvalue weighted by molar-refractivity contribution is 0.224. The minimum absolute atomic E-state index is 0.0132. The van der Waals surface area contributed by atoms with Gasteiger partial charge in [-0.25, -0.2) is 0 Å². The maximum Gasteiger partial charge on any atom is 0.118 e. The minimum Gasteiger partial charge on any atom is -0.497 e. The summed E-state index contributed by atoms with van der Waals surface area (Å²) >= 11 is 3.51. The van der Waals surface area contributed by atoms with Crippen molar-refractivity contribution < 1.29 is 9.84 Å². The van der Waals surface area contributed by atoms with Crippen LogP contribution in [0.2, 0.25) is 0 Å². The Labute approximate surface area is 127 Å². The highest BCUT2D eigenvalue weighted by atomic mass is 79.9. The van der Waals surface area contributed by atoms with Crippen LogP contribution in [0.4, 0.5) is 5.69 Å². The van der Waals surface area contributed by atoms with Gasteiger partial charge < -0.3 is 15.2 Å². The van der Waals surface area contributed by atoms with Crippen LogP contribution in [0, 0.1) is 0 Å². The molecule has 0 fully saturated rings. The van der Waals surface area contributed by atoms with Gasteiger partial charge in [-0.05, 0) is 52.7 Å². The zero-order valence-corrected chi connectivity index (χ0v) is 13.1. The summed E-state index contributed by atoms with van der Waals surface area (Å²) in [4.78, 5) is 0. The van der Waals surface area contributed by atoms with E-state index in [1.807, 2.05) is 55.5 Å². The lowest BCUT2D eigenvalue weighted by Gasteiger charge is -2.31. The van der Waals surface area contributed by atoms with E-state index >= 15 is 0 Å². The summed E-state index contributed by atoms with van der Waals surface area (Å²) < 4.78 is 6.13. The summed E-state index contributed by atoms with van der Waals surface area (Å²) in [7, 11) is 1.64. The fourth-order valence-corrected chi connectivity index (χ4v) is 2.41. The van der Waals surface area contributed by atoms with Gasteiger partial charge in [-0.2, -0.15) is 0 Å².